The maximum Gasteiger partial charge on any atom is 0.147 e. The summed E-state index contributed by atoms with van der Waals surface area (Å²) in [6.07, 6.45) is 0. The van der Waals surface area contributed by atoms with Crippen molar-refractivity contribution in [1.82, 2.24) is 0 Å². The Morgan fingerprint density at radius 2 is 1.86 bits per heavy atom. The van der Waals surface area contributed by atoms with Gasteiger partial charge in [0.1, 0.15) is 5.75 Å². The molecular formula is C15H13Br2ClINO. The van der Waals surface area contributed by atoms with Crippen LogP contribution in [0.3, 0.4) is 0 Å². The number of halogens is 4. The van der Waals surface area contributed by atoms with E-state index in [0.717, 1.165) is 34.5 Å². The van der Waals surface area contributed by atoms with E-state index in [1.807, 2.05) is 37.3 Å². The third-order valence-electron chi connectivity index (χ3n) is 2.76. The van der Waals surface area contributed by atoms with Crippen molar-refractivity contribution in [1.29, 1.82) is 0 Å². The molecule has 0 atom stereocenters. The Morgan fingerprint density at radius 1 is 1.19 bits per heavy atom. The fraction of sp³-hybridized carbons (Fsp3) is 0.200. The molecule has 2 nitrogen and oxygen atoms in total. The summed E-state index contributed by atoms with van der Waals surface area (Å²) in [5, 5.41) is 4.07. The van der Waals surface area contributed by atoms with Crippen molar-refractivity contribution in [2.45, 2.75) is 13.5 Å². The molecule has 0 amide bonds. The summed E-state index contributed by atoms with van der Waals surface area (Å²) in [6, 6.07) is 10.0. The van der Waals surface area contributed by atoms with Gasteiger partial charge in [0, 0.05) is 10.1 Å². The summed E-state index contributed by atoms with van der Waals surface area (Å²) in [5.74, 6) is 0.827. The lowest BCUT2D eigenvalue weighted by Gasteiger charge is -2.13. The topological polar surface area (TPSA) is 21.3 Å². The standard InChI is InChI=1S/C15H13Br2ClINO/c1-2-21-15-11(16)5-9(6-12(15)17)8-20-14-4-3-10(19)7-13(14)18/h3-7,20H,2,8H2,1H3. The number of anilines is 1. The highest BCUT2D eigenvalue weighted by atomic mass is 127. The number of nitrogens with one attached hydrogen (secondary N) is 1. The highest BCUT2D eigenvalue weighted by molar-refractivity contribution is 14.1. The van der Waals surface area contributed by atoms with Crippen molar-refractivity contribution >= 4 is 71.7 Å². The van der Waals surface area contributed by atoms with Crippen LogP contribution >= 0.6 is 66.1 Å². The smallest absolute Gasteiger partial charge is 0.147 e. The molecule has 21 heavy (non-hydrogen) atoms. The summed E-state index contributed by atoms with van der Waals surface area (Å²) in [5.41, 5.74) is 2.06. The molecule has 1 N–H and O–H groups in total. The van der Waals surface area contributed by atoms with Gasteiger partial charge < -0.3 is 10.1 Å². The van der Waals surface area contributed by atoms with Crippen molar-refractivity contribution < 1.29 is 4.74 Å². The number of rotatable bonds is 5. The van der Waals surface area contributed by atoms with Gasteiger partial charge in [-0.3, -0.25) is 0 Å². The lowest BCUT2D eigenvalue weighted by molar-refractivity contribution is 0.336. The van der Waals surface area contributed by atoms with E-state index in [1.165, 1.54) is 0 Å². The van der Waals surface area contributed by atoms with Crippen LogP contribution in [0.1, 0.15) is 12.5 Å². The highest BCUT2D eigenvalue weighted by Gasteiger charge is 2.09. The fourth-order valence-corrected chi connectivity index (χ4v) is 4.26. The Bertz CT molecular complexity index is 629. The first-order chi connectivity index (χ1) is 10.0. The molecule has 2 aromatic carbocycles. The number of ether oxygens (including phenoxy) is 1. The van der Waals surface area contributed by atoms with Crippen LogP contribution in [-0.2, 0) is 6.54 Å². The van der Waals surface area contributed by atoms with Crippen molar-refractivity contribution in [3.05, 3.63) is 53.4 Å². The molecule has 0 spiro atoms. The van der Waals surface area contributed by atoms with E-state index >= 15 is 0 Å². The molecule has 0 aliphatic heterocycles. The van der Waals surface area contributed by atoms with Crippen LogP contribution in [0.25, 0.3) is 0 Å². The van der Waals surface area contributed by atoms with Gasteiger partial charge in [0.2, 0.25) is 0 Å². The van der Waals surface area contributed by atoms with Gasteiger partial charge in [-0.1, -0.05) is 11.6 Å². The Balaban J connectivity index is 2.13. The molecule has 0 fully saturated rings. The monoisotopic (exact) mass is 543 g/mol. The average molecular weight is 545 g/mol. The summed E-state index contributed by atoms with van der Waals surface area (Å²) in [7, 11) is 0. The van der Waals surface area contributed by atoms with E-state index in [-0.39, 0.29) is 0 Å². The van der Waals surface area contributed by atoms with Gasteiger partial charge >= 0.3 is 0 Å². The molecule has 0 aliphatic carbocycles. The third-order valence-corrected chi connectivity index (χ3v) is 4.92. The molecule has 0 bridgehead atoms. The van der Waals surface area contributed by atoms with Crippen LogP contribution in [0, 0.1) is 3.57 Å². The van der Waals surface area contributed by atoms with Gasteiger partial charge in [-0.15, -0.1) is 0 Å². The van der Waals surface area contributed by atoms with Gasteiger partial charge in [-0.05, 0) is 97.3 Å². The molecular weight excluding hydrogens is 532 g/mol. The average Bonchev–Trinajstić information content (AvgIpc) is 2.42. The van der Waals surface area contributed by atoms with Crippen LogP contribution in [0.4, 0.5) is 5.69 Å². The normalized spacial score (nSPS) is 10.5. The van der Waals surface area contributed by atoms with Gasteiger partial charge in [0.05, 0.1) is 26.3 Å². The van der Waals surface area contributed by atoms with Crippen molar-refractivity contribution in [3.63, 3.8) is 0 Å². The zero-order chi connectivity index (χ0) is 15.4. The lowest BCUT2D eigenvalue weighted by atomic mass is 10.2. The Morgan fingerprint density at radius 3 is 2.43 bits per heavy atom. The van der Waals surface area contributed by atoms with E-state index < -0.39 is 0 Å². The predicted molar refractivity (Wildman–Crippen MR) is 105 cm³/mol. The first kappa shape index (κ1) is 17.4. The van der Waals surface area contributed by atoms with E-state index in [2.05, 4.69) is 59.8 Å². The minimum absolute atomic E-state index is 0.632. The Labute approximate surface area is 160 Å². The zero-order valence-corrected chi connectivity index (χ0v) is 17.3. The van der Waals surface area contributed by atoms with Crippen LogP contribution in [0.5, 0.6) is 5.75 Å². The van der Waals surface area contributed by atoms with E-state index in [9.17, 15) is 0 Å². The second kappa shape index (κ2) is 8.04. The largest absolute Gasteiger partial charge is 0.492 e. The molecule has 0 radical (unpaired) electrons. The number of benzene rings is 2. The summed E-state index contributed by atoms with van der Waals surface area (Å²) < 4.78 is 8.57. The molecule has 0 aliphatic rings. The SMILES string of the molecule is CCOc1c(Br)cc(CNc2ccc(I)cc2Cl)cc1Br. The molecule has 0 saturated heterocycles. The molecule has 112 valence electrons. The van der Waals surface area contributed by atoms with Gasteiger partial charge in [0.15, 0.2) is 0 Å². The molecule has 0 aromatic heterocycles. The van der Waals surface area contributed by atoms with E-state index in [1.54, 1.807) is 0 Å². The summed E-state index contributed by atoms with van der Waals surface area (Å²) >= 11 is 15.5. The molecule has 0 heterocycles. The van der Waals surface area contributed by atoms with Crippen LogP contribution < -0.4 is 10.1 Å². The maximum absolute atomic E-state index is 6.22. The fourth-order valence-electron chi connectivity index (χ4n) is 1.83. The van der Waals surface area contributed by atoms with Crippen LogP contribution in [0.15, 0.2) is 39.3 Å². The van der Waals surface area contributed by atoms with Crippen molar-refractivity contribution in [3.8, 4) is 5.75 Å². The zero-order valence-electron chi connectivity index (χ0n) is 11.2. The summed E-state index contributed by atoms with van der Waals surface area (Å²) in [4.78, 5) is 0. The minimum atomic E-state index is 0.632. The molecule has 2 rings (SSSR count). The summed E-state index contributed by atoms with van der Waals surface area (Å²) in [6.45, 7) is 3.28. The maximum atomic E-state index is 6.22. The Kier molecular flexibility index (Phi) is 6.65. The minimum Gasteiger partial charge on any atom is -0.492 e. The quantitative estimate of drug-likeness (QED) is 0.435. The van der Waals surface area contributed by atoms with Crippen molar-refractivity contribution in [2.24, 2.45) is 0 Å². The second-order valence-electron chi connectivity index (χ2n) is 4.30. The lowest BCUT2D eigenvalue weighted by Crippen LogP contribution is -2.01. The second-order valence-corrected chi connectivity index (χ2v) is 7.66. The highest BCUT2D eigenvalue weighted by Crippen LogP contribution is 2.35. The molecule has 6 heteroatoms. The third kappa shape index (κ3) is 4.74. The van der Waals surface area contributed by atoms with Crippen LogP contribution in [-0.4, -0.2) is 6.61 Å². The first-order valence-corrected chi connectivity index (χ1v) is 9.35. The van der Waals surface area contributed by atoms with Crippen LogP contribution in [0.2, 0.25) is 5.02 Å². The van der Waals surface area contributed by atoms with E-state index in [0.29, 0.717) is 13.2 Å². The first-order valence-electron chi connectivity index (χ1n) is 6.31. The Hall–Kier alpha value is 0.0200. The van der Waals surface area contributed by atoms with Gasteiger partial charge in [-0.25, -0.2) is 0 Å². The molecule has 2 aromatic rings. The molecule has 0 saturated carbocycles. The van der Waals surface area contributed by atoms with Crippen molar-refractivity contribution in [2.75, 3.05) is 11.9 Å². The number of hydrogen-bond acceptors (Lipinski definition) is 2. The van der Waals surface area contributed by atoms with Gasteiger partial charge in [-0.2, -0.15) is 0 Å². The molecule has 0 unspecified atom stereocenters. The number of hydrogen-bond donors (Lipinski definition) is 1. The van der Waals surface area contributed by atoms with E-state index in [4.69, 9.17) is 16.3 Å². The van der Waals surface area contributed by atoms with Gasteiger partial charge in [0.25, 0.3) is 0 Å². The predicted octanol–water partition coefficient (Wildman–Crippen LogP) is 6.48.